The molecule has 0 aromatic rings. The number of nitrogens with one attached hydrogen (secondary N) is 1. The third-order valence-electron chi connectivity index (χ3n) is 3.31. The van der Waals surface area contributed by atoms with Crippen LogP contribution in [0, 0.1) is 11.3 Å². The van der Waals surface area contributed by atoms with Crippen molar-refractivity contribution in [2.24, 2.45) is 0 Å². The summed E-state index contributed by atoms with van der Waals surface area (Å²) >= 11 is 0. The largest absolute Gasteiger partial charge is 0.302 e. The average Bonchev–Trinajstić information content (AvgIpc) is 2.30. The Morgan fingerprint density at radius 1 is 1.56 bits per heavy atom. The number of nitriles is 1. The molecule has 0 aromatic carbocycles. The summed E-state index contributed by atoms with van der Waals surface area (Å²) in [6.45, 7) is 6.24. The Labute approximate surface area is 110 Å². The van der Waals surface area contributed by atoms with Crippen molar-refractivity contribution >= 4 is 9.84 Å². The Bertz CT molecular complexity index is 389. The molecular weight excluding hydrogens is 250 g/mol. The molecule has 1 aliphatic rings. The van der Waals surface area contributed by atoms with Gasteiger partial charge in [0.05, 0.1) is 23.6 Å². The van der Waals surface area contributed by atoms with Crippen LogP contribution in [0.3, 0.4) is 0 Å². The molecule has 6 heteroatoms. The Hall–Kier alpha value is -0.640. The van der Waals surface area contributed by atoms with E-state index < -0.39 is 9.84 Å². The van der Waals surface area contributed by atoms with E-state index in [-0.39, 0.29) is 23.6 Å². The van der Waals surface area contributed by atoms with Gasteiger partial charge >= 0.3 is 0 Å². The molecule has 1 rings (SSSR count). The van der Waals surface area contributed by atoms with E-state index in [0.29, 0.717) is 6.54 Å². The summed E-state index contributed by atoms with van der Waals surface area (Å²) in [6.07, 6.45) is 1.76. The van der Waals surface area contributed by atoms with Crippen molar-refractivity contribution in [1.82, 2.24) is 10.2 Å². The van der Waals surface area contributed by atoms with Gasteiger partial charge in [0, 0.05) is 19.1 Å². The van der Waals surface area contributed by atoms with Crippen molar-refractivity contribution in [3.63, 3.8) is 0 Å². The summed E-state index contributed by atoms with van der Waals surface area (Å²) in [6, 6.07) is 2.19. The fourth-order valence-electron chi connectivity index (χ4n) is 2.19. The molecule has 2 unspecified atom stereocenters. The minimum atomic E-state index is -2.85. The third-order valence-corrected chi connectivity index (χ3v) is 5.10. The molecule has 104 valence electrons. The molecule has 1 fully saturated rings. The highest BCUT2D eigenvalue weighted by Gasteiger charge is 2.28. The van der Waals surface area contributed by atoms with Crippen molar-refractivity contribution < 1.29 is 8.42 Å². The minimum Gasteiger partial charge on any atom is -0.302 e. The van der Waals surface area contributed by atoms with Crippen molar-refractivity contribution in [1.29, 1.82) is 5.26 Å². The predicted molar refractivity (Wildman–Crippen MR) is 72.0 cm³/mol. The minimum absolute atomic E-state index is 0.0641. The first-order valence-electron chi connectivity index (χ1n) is 6.56. The molecule has 1 saturated heterocycles. The van der Waals surface area contributed by atoms with E-state index in [1.807, 2.05) is 6.92 Å². The topological polar surface area (TPSA) is 73.2 Å². The standard InChI is InChI=1S/C12H23N3O2S/c1-3-5-14-12(9-13)4-6-15-7-8-18(16,17)10-11(15)2/h11-12,14H,3-8,10H2,1-2H3. The first kappa shape index (κ1) is 15.4. The first-order chi connectivity index (χ1) is 8.48. The van der Waals surface area contributed by atoms with E-state index in [1.54, 1.807) is 0 Å². The highest BCUT2D eigenvalue weighted by Crippen LogP contribution is 2.12. The van der Waals surface area contributed by atoms with Crippen LogP contribution in [-0.4, -0.2) is 56.5 Å². The number of hydrogen-bond donors (Lipinski definition) is 1. The maximum Gasteiger partial charge on any atom is 0.153 e. The normalized spacial score (nSPS) is 25.5. The molecule has 1 heterocycles. The maximum absolute atomic E-state index is 11.5. The van der Waals surface area contributed by atoms with E-state index in [1.165, 1.54) is 0 Å². The molecule has 1 aliphatic heterocycles. The van der Waals surface area contributed by atoms with Gasteiger partial charge in [0.25, 0.3) is 0 Å². The third kappa shape index (κ3) is 4.92. The number of hydrogen-bond acceptors (Lipinski definition) is 5. The van der Waals surface area contributed by atoms with Crippen LogP contribution in [0.25, 0.3) is 0 Å². The average molecular weight is 273 g/mol. The SMILES string of the molecule is CCCNC(C#N)CCN1CCS(=O)(=O)CC1C. The Morgan fingerprint density at radius 3 is 2.83 bits per heavy atom. The lowest BCUT2D eigenvalue weighted by Crippen LogP contribution is -2.48. The van der Waals surface area contributed by atoms with Gasteiger partial charge in [-0.05, 0) is 26.3 Å². The quantitative estimate of drug-likeness (QED) is 0.758. The number of rotatable bonds is 6. The van der Waals surface area contributed by atoms with Crippen LogP contribution >= 0.6 is 0 Å². The van der Waals surface area contributed by atoms with Gasteiger partial charge in [-0.1, -0.05) is 6.92 Å². The van der Waals surface area contributed by atoms with Crippen molar-refractivity contribution in [2.45, 2.75) is 38.8 Å². The summed E-state index contributed by atoms with van der Waals surface area (Å²) in [4.78, 5) is 2.17. The van der Waals surface area contributed by atoms with Gasteiger partial charge in [-0.25, -0.2) is 8.42 Å². The van der Waals surface area contributed by atoms with Crippen LogP contribution in [0.5, 0.6) is 0 Å². The van der Waals surface area contributed by atoms with Crippen LogP contribution < -0.4 is 5.32 Å². The van der Waals surface area contributed by atoms with E-state index in [2.05, 4.69) is 23.2 Å². The lowest BCUT2D eigenvalue weighted by Gasteiger charge is -2.33. The zero-order chi connectivity index (χ0) is 13.6. The van der Waals surface area contributed by atoms with Gasteiger partial charge in [-0.15, -0.1) is 0 Å². The molecule has 18 heavy (non-hydrogen) atoms. The summed E-state index contributed by atoms with van der Waals surface area (Å²) in [5.41, 5.74) is 0. The molecule has 5 nitrogen and oxygen atoms in total. The Kier molecular flexibility index (Phi) is 6.06. The fourth-order valence-corrected chi connectivity index (χ4v) is 3.82. The van der Waals surface area contributed by atoms with Crippen LogP contribution in [0.4, 0.5) is 0 Å². The predicted octanol–water partition coefficient (Wildman–Crippen LogP) is 0.387. The maximum atomic E-state index is 11.5. The Balaban J connectivity index is 2.37. The second kappa shape index (κ2) is 7.07. The zero-order valence-electron chi connectivity index (χ0n) is 11.2. The van der Waals surface area contributed by atoms with Crippen LogP contribution in [0.2, 0.25) is 0 Å². The van der Waals surface area contributed by atoms with Gasteiger partial charge < -0.3 is 5.32 Å². The number of sulfone groups is 1. The van der Waals surface area contributed by atoms with E-state index in [4.69, 9.17) is 5.26 Å². The molecule has 0 spiro atoms. The monoisotopic (exact) mass is 273 g/mol. The molecule has 0 aromatic heterocycles. The zero-order valence-corrected chi connectivity index (χ0v) is 12.0. The summed E-state index contributed by atoms with van der Waals surface area (Å²) in [5.74, 6) is 0.490. The van der Waals surface area contributed by atoms with Crippen LogP contribution in [0.15, 0.2) is 0 Å². The van der Waals surface area contributed by atoms with Crippen molar-refractivity contribution in [3.05, 3.63) is 0 Å². The lowest BCUT2D eigenvalue weighted by molar-refractivity contribution is 0.219. The van der Waals surface area contributed by atoms with Crippen LogP contribution in [0.1, 0.15) is 26.7 Å². The van der Waals surface area contributed by atoms with Crippen LogP contribution in [-0.2, 0) is 9.84 Å². The Morgan fingerprint density at radius 2 is 2.28 bits per heavy atom. The highest BCUT2D eigenvalue weighted by molar-refractivity contribution is 7.91. The van der Waals surface area contributed by atoms with E-state index in [9.17, 15) is 8.42 Å². The first-order valence-corrected chi connectivity index (χ1v) is 8.38. The van der Waals surface area contributed by atoms with E-state index >= 15 is 0 Å². The van der Waals surface area contributed by atoms with E-state index in [0.717, 1.165) is 25.9 Å². The van der Waals surface area contributed by atoms with Gasteiger partial charge in [0.15, 0.2) is 9.84 Å². The number of nitrogens with zero attached hydrogens (tertiary/aromatic N) is 2. The molecule has 0 saturated carbocycles. The summed E-state index contributed by atoms with van der Waals surface area (Å²) < 4.78 is 22.9. The molecule has 0 aliphatic carbocycles. The van der Waals surface area contributed by atoms with Gasteiger partial charge in [-0.3, -0.25) is 4.90 Å². The fraction of sp³-hybridized carbons (Fsp3) is 0.917. The second-order valence-electron chi connectivity index (χ2n) is 4.92. The molecule has 0 amide bonds. The molecule has 0 radical (unpaired) electrons. The van der Waals surface area contributed by atoms with Gasteiger partial charge in [-0.2, -0.15) is 5.26 Å². The summed E-state index contributed by atoms with van der Waals surface area (Å²) in [7, 11) is -2.85. The highest BCUT2D eigenvalue weighted by atomic mass is 32.2. The van der Waals surface area contributed by atoms with Crippen molar-refractivity contribution in [3.8, 4) is 6.07 Å². The lowest BCUT2D eigenvalue weighted by atomic mass is 10.2. The molecular formula is C12H23N3O2S. The molecule has 2 atom stereocenters. The summed E-state index contributed by atoms with van der Waals surface area (Å²) in [5, 5.41) is 12.2. The smallest absolute Gasteiger partial charge is 0.153 e. The molecule has 1 N–H and O–H groups in total. The van der Waals surface area contributed by atoms with Gasteiger partial charge in [0.1, 0.15) is 0 Å². The van der Waals surface area contributed by atoms with Gasteiger partial charge in [0.2, 0.25) is 0 Å². The second-order valence-corrected chi connectivity index (χ2v) is 7.15. The molecule has 0 bridgehead atoms. The van der Waals surface area contributed by atoms with Crippen molar-refractivity contribution in [2.75, 3.05) is 31.1 Å².